The van der Waals surface area contributed by atoms with Gasteiger partial charge in [-0.2, -0.15) is 0 Å². The van der Waals surface area contributed by atoms with Crippen molar-refractivity contribution in [3.63, 3.8) is 0 Å². The summed E-state index contributed by atoms with van der Waals surface area (Å²) in [5, 5.41) is 0.885. The number of halogens is 1. The highest BCUT2D eigenvalue weighted by atomic mass is 35.5. The third-order valence-electron chi connectivity index (χ3n) is 2.18. The molecule has 1 aliphatic rings. The summed E-state index contributed by atoms with van der Waals surface area (Å²) in [4.78, 5) is 4.34. The van der Waals surface area contributed by atoms with Gasteiger partial charge in [0.2, 0.25) is 0 Å². The van der Waals surface area contributed by atoms with Gasteiger partial charge in [0, 0.05) is 18.2 Å². The summed E-state index contributed by atoms with van der Waals surface area (Å²) >= 11 is 6.16. The summed E-state index contributed by atoms with van der Waals surface area (Å²) < 4.78 is 0. The number of hydrogen-bond acceptors (Lipinski definition) is 1. The molecule has 0 atom stereocenters. The third-order valence-corrected chi connectivity index (χ3v) is 2.63. The van der Waals surface area contributed by atoms with Crippen LogP contribution >= 0.6 is 11.6 Å². The number of hydrogen-bond donors (Lipinski definition) is 0. The molecule has 0 saturated heterocycles. The molecule has 0 saturated carbocycles. The van der Waals surface area contributed by atoms with E-state index < -0.39 is 0 Å². The SMILES string of the molecule is CCc1cnc2c(c1Cl)C=CC2. The minimum Gasteiger partial charge on any atom is -0.260 e. The van der Waals surface area contributed by atoms with E-state index in [9.17, 15) is 0 Å². The van der Waals surface area contributed by atoms with Gasteiger partial charge < -0.3 is 0 Å². The molecular formula is C10H10ClN. The second kappa shape index (κ2) is 2.91. The normalized spacial score (nSPS) is 13.5. The minimum atomic E-state index is 0.885. The zero-order valence-electron chi connectivity index (χ0n) is 6.97. The molecule has 0 radical (unpaired) electrons. The molecule has 0 aromatic carbocycles. The van der Waals surface area contributed by atoms with Crippen LogP contribution in [0.5, 0.6) is 0 Å². The van der Waals surface area contributed by atoms with Gasteiger partial charge in [-0.15, -0.1) is 0 Å². The van der Waals surface area contributed by atoms with E-state index in [1.54, 1.807) is 0 Å². The second-order valence-corrected chi connectivity index (χ2v) is 3.30. The first kappa shape index (κ1) is 7.81. The fourth-order valence-electron chi connectivity index (χ4n) is 1.45. The predicted octanol–water partition coefficient (Wildman–Crippen LogP) is 2.87. The first-order valence-electron chi connectivity index (χ1n) is 4.15. The van der Waals surface area contributed by atoms with Crippen LogP contribution in [0, 0.1) is 0 Å². The number of fused-ring (bicyclic) bond motifs is 1. The molecule has 0 N–H and O–H groups in total. The largest absolute Gasteiger partial charge is 0.260 e. The summed E-state index contributed by atoms with van der Waals surface area (Å²) in [7, 11) is 0. The van der Waals surface area contributed by atoms with E-state index in [0.717, 1.165) is 34.7 Å². The van der Waals surface area contributed by atoms with Crippen LogP contribution in [-0.4, -0.2) is 4.98 Å². The number of allylic oxidation sites excluding steroid dienone is 1. The lowest BCUT2D eigenvalue weighted by atomic mass is 10.1. The summed E-state index contributed by atoms with van der Waals surface area (Å²) in [6.45, 7) is 2.09. The maximum absolute atomic E-state index is 6.16. The van der Waals surface area contributed by atoms with E-state index >= 15 is 0 Å². The van der Waals surface area contributed by atoms with Gasteiger partial charge in [-0.3, -0.25) is 4.98 Å². The van der Waals surface area contributed by atoms with Crippen molar-refractivity contribution in [1.82, 2.24) is 4.98 Å². The van der Waals surface area contributed by atoms with Crippen molar-refractivity contribution < 1.29 is 0 Å². The highest BCUT2D eigenvalue weighted by Crippen LogP contribution is 2.28. The van der Waals surface area contributed by atoms with Crippen molar-refractivity contribution in [2.75, 3.05) is 0 Å². The van der Waals surface area contributed by atoms with E-state index in [0.29, 0.717) is 0 Å². The molecule has 1 aromatic heterocycles. The Balaban J connectivity index is 2.60. The van der Waals surface area contributed by atoms with Crippen molar-refractivity contribution in [3.05, 3.63) is 34.1 Å². The maximum Gasteiger partial charge on any atom is 0.0543 e. The van der Waals surface area contributed by atoms with Gasteiger partial charge in [-0.25, -0.2) is 0 Å². The molecule has 0 bridgehead atoms. The van der Waals surface area contributed by atoms with Crippen LogP contribution in [0.2, 0.25) is 5.02 Å². The Morgan fingerprint density at radius 3 is 3.17 bits per heavy atom. The standard InChI is InChI=1S/C10H10ClN/c1-2-7-6-12-9-5-3-4-8(9)10(7)11/h3-4,6H,2,5H2,1H3. The van der Waals surface area contributed by atoms with Gasteiger partial charge in [-0.1, -0.05) is 30.7 Å². The molecule has 12 heavy (non-hydrogen) atoms. The van der Waals surface area contributed by atoms with Gasteiger partial charge in [-0.05, 0) is 12.0 Å². The fraction of sp³-hybridized carbons (Fsp3) is 0.300. The van der Waals surface area contributed by atoms with Gasteiger partial charge in [0.25, 0.3) is 0 Å². The van der Waals surface area contributed by atoms with Crippen LogP contribution in [0.25, 0.3) is 6.08 Å². The average molecular weight is 180 g/mol. The Bertz CT molecular complexity index is 342. The number of aromatic nitrogens is 1. The van der Waals surface area contributed by atoms with Crippen LogP contribution in [0.1, 0.15) is 23.7 Å². The number of pyridine rings is 1. The average Bonchev–Trinajstić information content (AvgIpc) is 2.53. The Kier molecular flexibility index (Phi) is 1.89. The molecule has 0 aliphatic heterocycles. The molecule has 2 rings (SSSR count). The zero-order valence-corrected chi connectivity index (χ0v) is 7.73. The molecule has 0 amide bonds. The van der Waals surface area contributed by atoms with Gasteiger partial charge >= 0.3 is 0 Å². The van der Waals surface area contributed by atoms with Gasteiger partial charge in [0.1, 0.15) is 0 Å². The highest BCUT2D eigenvalue weighted by Gasteiger charge is 2.12. The van der Waals surface area contributed by atoms with Crippen molar-refractivity contribution in [3.8, 4) is 0 Å². The molecule has 62 valence electrons. The van der Waals surface area contributed by atoms with E-state index in [2.05, 4.69) is 24.1 Å². The molecule has 1 heterocycles. The molecule has 2 heteroatoms. The lowest BCUT2D eigenvalue weighted by Gasteiger charge is -2.04. The summed E-state index contributed by atoms with van der Waals surface area (Å²) in [6.07, 6.45) is 7.92. The van der Waals surface area contributed by atoms with Crippen LogP contribution in [0.15, 0.2) is 12.3 Å². The number of aryl methyl sites for hydroxylation is 1. The van der Waals surface area contributed by atoms with Crippen molar-refractivity contribution >= 4 is 17.7 Å². The molecule has 0 fully saturated rings. The van der Waals surface area contributed by atoms with E-state index in [1.807, 2.05) is 6.20 Å². The van der Waals surface area contributed by atoms with Crippen LogP contribution in [0.4, 0.5) is 0 Å². The van der Waals surface area contributed by atoms with Crippen LogP contribution in [0.3, 0.4) is 0 Å². The lowest BCUT2D eigenvalue weighted by Crippen LogP contribution is -1.93. The molecule has 1 nitrogen and oxygen atoms in total. The monoisotopic (exact) mass is 179 g/mol. The minimum absolute atomic E-state index is 0.885. The number of nitrogens with zero attached hydrogens (tertiary/aromatic N) is 1. The van der Waals surface area contributed by atoms with Crippen LogP contribution < -0.4 is 0 Å². The number of rotatable bonds is 1. The Labute approximate surface area is 77.1 Å². The molecule has 1 aromatic rings. The molecule has 0 spiro atoms. The quantitative estimate of drug-likeness (QED) is 0.646. The molecule has 0 unspecified atom stereocenters. The van der Waals surface area contributed by atoms with E-state index in [1.165, 1.54) is 0 Å². The third kappa shape index (κ3) is 1.05. The Morgan fingerprint density at radius 1 is 1.58 bits per heavy atom. The van der Waals surface area contributed by atoms with Crippen molar-refractivity contribution in [2.45, 2.75) is 19.8 Å². The fourth-order valence-corrected chi connectivity index (χ4v) is 1.80. The van der Waals surface area contributed by atoms with Gasteiger partial charge in [0.15, 0.2) is 0 Å². The summed E-state index contributed by atoms with van der Waals surface area (Å²) in [6, 6.07) is 0. The Morgan fingerprint density at radius 2 is 2.42 bits per heavy atom. The van der Waals surface area contributed by atoms with Gasteiger partial charge in [0.05, 0.1) is 10.7 Å². The highest BCUT2D eigenvalue weighted by molar-refractivity contribution is 6.33. The Hall–Kier alpha value is -0.820. The van der Waals surface area contributed by atoms with Crippen LogP contribution in [-0.2, 0) is 12.8 Å². The first-order chi connectivity index (χ1) is 5.83. The van der Waals surface area contributed by atoms with Crippen molar-refractivity contribution in [1.29, 1.82) is 0 Å². The topological polar surface area (TPSA) is 12.9 Å². The molecular weight excluding hydrogens is 170 g/mol. The lowest BCUT2D eigenvalue weighted by molar-refractivity contribution is 1.05. The second-order valence-electron chi connectivity index (χ2n) is 2.92. The first-order valence-corrected chi connectivity index (χ1v) is 4.53. The van der Waals surface area contributed by atoms with Crippen molar-refractivity contribution in [2.24, 2.45) is 0 Å². The smallest absolute Gasteiger partial charge is 0.0543 e. The van der Waals surface area contributed by atoms with E-state index in [-0.39, 0.29) is 0 Å². The summed E-state index contributed by atoms with van der Waals surface area (Å²) in [5.41, 5.74) is 3.37. The maximum atomic E-state index is 6.16. The zero-order chi connectivity index (χ0) is 8.55. The van der Waals surface area contributed by atoms with E-state index in [4.69, 9.17) is 11.6 Å². The molecule has 1 aliphatic carbocycles. The summed E-state index contributed by atoms with van der Waals surface area (Å²) in [5.74, 6) is 0. The predicted molar refractivity (Wildman–Crippen MR) is 51.4 cm³/mol.